The lowest BCUT2D eigenvalue weighted by Crippen LogP contribution is -2.38. The predicted octanol–water partition coefficient (Wildman–Crippen LogP) is 2.79. The van der Waals surface area contributed by atoms with E-state index >= 15 is 0 Å². The van der Waals surface area contributed by atoms with E-state index in [1.54, 1.807) is 14.2 Å². The molecule has 0 radical (unpaired) electrons. The van der Waals surface area contributed by atoms with E-state index in [1.165, 1.54) is 12.8 Å². The van der Waals surface area contributed by atoms with Crippen molar-refractivity contribution in [2.45, 2.75) is 26.3 Å². The number of ether oxygens (including phenoxy) is 2. The summed E-state index contributed by atoms with van der Waals surface area (Å²) in [6.07, 6.45) is 2.67. The number of nitrogens with zero attached hydrogens (tertiary/aromatic N) is 1. The first-order valence-corrected chi connectivity index (χ1v) is 7.50. The molecule has 2 rings (SSSR count). The van der Waals surface area contributed by atoms with Gasteiger partial charge in [-0.1, -0.05) is 6.07 Å². The minimum absolute atomic E-state index is 0. The zero-order valence-electron chi connectivity index (χ0n) is 13.5. The lowest BCUT2D eigenvalue weighted by atomic mass is 10.2. The average Bonchev–Trinajstić information content (AvgIpc) is 3.34. The van der Waals surface area contributed by atoms with Crippen LogP contribution in [0.4, 0.5) is 0 Å². The van der Waals surface area contributed by atoms with Crippen molar-refractivity contribution in [1.82, 2.24) is 10.6 Å². The Kier molecular flexibility index (Phi) is 8.37. The van der Waals surface area contributed by atoms with E-state index in [2.05, 4.69) is 22.5 Å². The molecule has 2 N–H and O–H groups in total. The fourth-order valence-corrected chi connectivity index (χ4v) is 2.05. The number of aliphatic imine (C=N–C) groups is 1. The van der Waals surface area contributed by atoms with Crippen molar-refractivity contribution in [1.29, 1.82) is 0 Å². The number of halogens is 1. The highest BCUT2D eigenvalue weighted by molar-refractivity contribution is 14.0. The normalized spacial score (nSPS) is 14.0. The van der Waals surface area contributed by atoms with Gasteiger partial charge in [0.25, 0.3) is 0 Å². The molecule has 0 aliphatic heterocycles. The van der Waals surface area contributed by atoms with Crippen LogP contribution in [-0.4, -0.2) is 33.3 Å². The van der Waals surface area contributed by atoms with Gasteiger partial charge in [-0.05, 0) is 43.4 Å². The topological polar surface area (TPSA) is 54.9 Å². The fraction of sp³-hybridized carbons (Fsp3) is 0.562. The molecular formula is C16H26IN3O2. The lowest BCUT2D eigenvalue weighted by Gasteiger charge is -2.11. The molecule has 0 atom stereocenters. The van der Waals surface area contributed by atoms with E-state index in [4.69, 9.17) is 9.47 Å². The zero-order valence-corrected chi connectivity index (χ0v) is 15.8. The zero-order chi connectivity index (χ0) is 15.1. The third-order valence-electron chi connectivity index (χ3n) is 3.47. The lowest BCUT2D eigenvalue weighted by molar-refractivity contribution is 0.354. The molecule has 22 heavy (non-hydrogen) atoms. The number of benzene rings is 1. The van der Waals surface area contributed by atoms with Crippen LogP contribution in [-0.2, 0) is 6.54 Å². The molecule has 1 aromatic rings. The third kappa shape index (κ3) is 5.90. The van der Waals surface area contributed by atoms with Crippen LogP contribution in [0.3, 0.4) is 0 Å². The molecule has 1 aromatic carbocycles. The summed E-state index contributed by atoms with van der Waals surface area (Å²) in [7, 11) is 3.28. The van der Waals surface area contributed by atoms with Crippen molar-refractivity contribution in [2.24, 2.45) is 10.9 Å². The van der Waals surface area contributed by atoms with Gasteiger partial charge in [0, 0.05) is 13.1 Å². The monoisotopic (exact) mass is 419 g/mol. The molecule has 124 valence electrons. The number of methoxy groups -OCH3 is 2. The highest BCUT2D eigenvalue weighted by Gasteiger charge is 2.21. The van der Waals surface area contributed by atoms with Crippen LogP contribution >= 0.6 is 24.0 Å². The van der Waals surface area contributed by atoms with Gasteiger partial charge >= 0.3 is 0 Å². The Hall–Kier alpha value is -1.18. The summed E-state index contributed by atoms with van der Waals surface area (Å²) in [5, 5.41) is 6.66. The van der Waals surface area contributed by atoms with E-state index < -0.39 is 0 Å². The Bertz CT molecular complexity index is 490. The highest BCUT2D eigenvalue weighted by Crippen LogP contribution is 2.28. The molecule has 0 saturated heterocycles. The van der Waals surface area contributed by atoms with Crippen LogP contribution < -0.4 is 20.1 Å². The largest absolute Gasteiger partial charge is 0.493 e. The van der Waals surface area contributed by atoms with Crippen molar-refractivity contribution < 1.29 is 9.47 Å². The van der Waals surface area contributed by atoms with Gasteiger partial charge in [0.15, 0.2) is 17.5 Å². The Morgan fingerprint density at radius 3 is 2.50 bits per heavy atom. The van der Waals surface area contributed by atoms with E-state index in [1.807, 2.05) is 18.2 Å². The first-order chi connectivity index (χ1) is 10.3. The van der Waals surface area contributed by atoms with Gasteiger partial charge in [-0.3, -0.25) is 0 Å². The third-order valence-corrected chi connectivity index (χ3v) is 3.47. The SMILES string of the molecule is CCNC(=NCc1ccc(OC)c(OC)c1)NCC1CC1.I. The molecule has 0 amide bonds. The van der Waals surface area contributed by atoms with Gasteiger partial charge < -0.3 is 20.1 Å². The van der Waals surface area contributed by atoms with E-state index in [0.29, 0.717) is 6.54 Å². The molecule has 1 saturated carbocycles. The number of hydrogen-bond donors (Lipinski definition) is 2. The molecule has 5 nitrogen and oxygen atoms in total. The minimum atomic E-state index is 0. The Balaban J connectivity index is 0.00000242. The maximum absolute atomic E-state index is 5.31. The molecule has 0 unspecified atom stereocenters. The number of rotatable bonds is 7. The van der Waals surface area contributed by atoms with Crippen molar-refractivity contribution in [3.8, 4) is 11.5 Å². The predicted molar refractivity (Wildman–Crippen MR) is 101 cm³/mol. The summed E-state index contributed by atoms with van der Waals surface area (Å²) in [5.41, 5.74) is 1.09. The Morgan fingerprint density at radius 2 is 1.91 bits per heavy atom. The summed E-state index contributed by atoms with van der Waals surface area (Å²) in [4.78, 5) is 4.61. The second-order valence-electron chi connectivity index (χ2n) is 5.21. The number of hydrogen-bond acceptors (Lipinski definition) is 3. The van der Waals surface area contributed by atoms with Crippen LogP contribution in [0.5, 0.6) is 11.5 Å². The van der Waals surface area contributed by atoms with Crippen molar-refractivity contribution >= 4 is 29.9 Å². The number of guanidine groups is 1. The van der Waals surface area contributed by atoms with E-state index in [0.717, 1.165) is 42.0 Å². The van der Waals surface area contributed by atoms with Crippen LogP contribution in [0.15, 0.2) is 23.2 Å². The summed E-state index contributed by atoms with van der Waals surface area (Å²) >= 11 is 0. The van der Waals surface area contributed by atoms with Crippen LogP contribution in [0.25, 0.3) is 0 Å². The second-order valence-corrected chi connectivity index (χ2v) is 5.21. The molecule has 1 fully saturated rings. The maximum Gasteiger partial charge on any atom is 0.191 e. The summed E-state index contributed by atoms with van der Waals surface area (Å²) in [6.45, 7) is 4.56. The highest BCUT2D eigenvalue weighted by atomic mass is 127. The fourth-order valence-electron chi connectivity index (χ4n) is 2.05. The minimum Gasteiger partial charge on any atom is -0.493 e. The molecule has 6 heteroatoms. The smallest absolute Gasteiger partial charge is 0.191 e. The van der Waals surface area contributed by atoms with Crippen molar-refractivity contribution in [2.75, 3.05) is 27.3 Å². The van der Waals surface area contributed by atoms with Gasteiger partial charge in [0.05, 0.1) is 20.8 Å². The van der Waals surface area contributed by atoms with Crippen LogP contribution in [0.2, 0.25) is 0 Å². The van der Waals surface area contributed by atoms with Crippen LogP contribution in [0.1, 0.15) is 25.3 Å². The Labute approximate surface area is 149 Å². The summed E-state index contributed by atoms with van der Waals surface area (Å²) in [6, 6.07) is 5.89. The molecule has 0 bridgehead atoms. The maximum atomic E-state index is 5.31. The quantitative estimate of drug-likeness (QED) is 0.406. The molecule has 0 spiro atoms. The van der Waals surface area contributed by atoms with Gasteiger partial charge in [0.1, 0.15) is 0 Å². The standard InChI is InChI=1S/C16H25N3O2.HI/c1-4-17-16(18-10-12-5-6-12)19-11-13-7-8-14(20-2)15(9-13)21-3;/h7-9,12H,4-6,10-11H2,1-3H3,(H2,17,18,19);1H. The van der Waals surface area contributed by atoms with Crippen molar-refractivity contribution in [3.05, 3.63) is 23.8 Å². The van der Waals surface area contributed by atoms with E-state index in [9.17, 15) is 0 Å². The first-order valence-electron chi connectivity index (χ1n) is 7.50. The van der Waals surface area contributed by atoms with Gasteiger partial charge in [-0.15, -0.1) is 24.0 Å². The molecule has 0 aromatic heterocycles. The first kappa shape index (κ1) is 18.9. The van der Waals surface area contributed by atoms with E-state index in [-0.39, 0.29) is 24.0 Å². The molecule has 1 aliphatic rings. The van der Waals surface area contributed by atoms with Crippen LogP contribution in [0, 0.1) is 5.92 Å². The summed E-state index contributed by atoms with van der Waals surface area (Å²) < 4.78 is 10.6. The van der Waals surface area contributed by atoms with Gasteiger partial charge in [0.2, 0.25) is 0 Å². The Morgan fingerprint density at radius 1 is 1.18 bits per heavy atom. The molecule has 0 heterocycles. The molecule has 1 aliphatic carbocycles. The molecular weight excluding hydrogens is 393 g/mol. The van der Waals surface area contributed by atoms with Gasteiger partial charge in [-0.2, -0.15) is 0 Å². The van der Waals surface area contributed by atoms with Gasteiger partial charge in [-0.25, -0.2) is 4.99 Å². The second kappa shape index (κ2) is 9.76. The van der Waals surface area contributed by atoms with Crippen molar-refractivity contribution in [3.63, 3.8) is 0 Å². The summed E-state index contributed by atoms with van der Waals surface area (Å²) in [5.74, 6) is 3.18. The average molecular weight is 419 g/mol. The number of nitrogens with one attached hydrogen (secondary N) is 2.